The van der Waals surface area contributed by atoms with E-state index < -0.39 is 0 Å². The average molecular weight is 261 g/mol. The molecule has 1 aromatic heterocycles. The molecule has 3 heteroatoms. The molecule has 0 aliphatic carbocycles. The topological polar surface area (TPSA) is 17.1 Å². The molecule has 0 unspecified atom stereocenters. The number of aryl methyl sites for hydroxylation is 1. The third kappa shape index (κ3) is 3.24. The second kappa shape index (κ2) is 5.55. The standard InChI is InChI=1S/C10H13BrOS/c1-2-3-4-5-8-6-9(11)10(7-12)13-8/h6-7H,2-5H2,1H3. The smallest absolute Gasteiger partial charge is 0.161 e. The van der Waals surface area contributed by atoms with Crippen molar-refractivity contribution in [2.24, 2.45) is 0 Å². The molecule has 1 nitrogen and oxygen atoms in total. The van der Waals surface area contributed by atoms with Crippen LogP contribution in [0.1, 0.15) is 40.7 Å². The lowest BCUT2D eigenvalue weighted by atomic mass is 10.2. The minimum atomic E-state index is 0.812. The number of unbranched alkanes of at least 4 members (excludes halogenated alkanes) is 2. The number of hydrogen-bond acceptors (Lipinski definition) is 2. The summed E-state index contributed by atoms with van der Waals surface area (Å²) < 4.78 is 0.944. The van der Waals surface area contributed by atoms with Crippen LogP contribution in [0, 0.1) is 0 Å². The van der Waals surface area contributed by atoms with Gasteiger partial charge >= 0.3 is 0 Å². The van der Waals surface area contributed by atoms with Gasteiger partial charge in [0.05, 0.1) is 4.88 Å². The zero-order chi connectivity index (χ0) is 9.68. The largest absolute Gasteiger partial charge is 0.297 e. The van der Waals surface area contributed by atoms with E-state index in [2.05, 4.69) is 28.9 Å². The molecule has 0 N–H and O–H groups in total. The fraction of sp³-hybridized carbons (Fsp3) is 0.500. The molecule has 0 saturated carbocycles. The molecule has 0 aliphatic rings. The van der Waals surface area contributed by atoms with Crippen LogP contribution in [0.3, 0.4) is 0 Å². The van der Waals surface area contributed by atoms with Crippen LogP contribution >= 0.6 is 27.3 Å². The summed E-state index contributed by atoms with van der Waals surface area (Å²) in [5.74, 6) is 0. The molecule has 0 fully saturated rings. The monoisotopic (exact) mass is 260 g/mol. The van der Waals surface area contributed by atoms with Crippen LogP contribution in [-0.2, 0) is 6.42 Å². The number of carbonyl (C=O) groups is 1. The van der Waals surface area contributed by atoms with Crippen molar-refractivity contribution in [3.63, 3.8) is 0 Å². The van der Waals surface area contributed by atoms with Crippen molar-refractivity contribution in [2.45, 2.75) is 32.6 Å². The summed E-state index contributed by atoms with van der Waals surface area (Å²) in [5, 5.41) is 0. The molecule has 72 valence electrons. The van der Waals surface area contributed by atoms with Crippen molar-refractivity contribution >= 4 is 33.6 Å². The van der Waals surface area contributed by atoms with Crippen LogP contribution in [-0.4, -0.2) is 6.29 Å². The van der Waals surface area contributed by atoms with Crippen molar-refractivity contribution < 1.29 is 4.79 Å². The molecule has 1 heterocycles. The first-order chi connectivity index (χ1) is 6.27. The van der Waals surface area contributed by atoms with Crippen LogP contribution in [0.4, 0.5) is 0 Å². The van der Waals surface area contributed by atoms with E-state index in [9.17, 15) is 4.79 Å². The highest BCUT2D eigenvalue weighted by Crippen LogP contribution is 2.26. The average Bonchev–Trinajstić information content (AvgIpc) is 2.47. The predicted octanol–water partition coefficient (Wildman–Crippen LogP) is 4.06. The van der Waals surface area contributed by atoms with Crippen LogP contribution in [0.15, 0.2) is 10.5 Å². The first kappa shape index (κ1) is 10.9. The fourth-order valence-electron chi connectivity index (χ4n) is 1.18. The van der Waals surface area contributed by atoms with Gasteiger partial charge in [0.25, 0.3) is 0 Å². The summed E-state index contributed by atoms with van der Waals surface area (Å²) >= 11 is 4.96. The number of halogens is 1. The molecule has 0 saturated heterocycles. The van der Waals surface area contributed by atoms with E-state index in [1.807, 2.05) is 0 Å². The Hall–Kier alpha value is -0.150. The Morgan fingerprint density at radius 3 is 2.85 bits per heavy atom. The van der Waals surface area contributed by atoms with Gasteiger partial charge in [0.15, 0.2) is 6.29 Å². The van der Waals surface area contributed by atoms with Crippen LogP contribution in [0.2, 0.25) is 0 Å². The van der Waals surface area contributed by atoms with E-state index in [1.165, 1.54) is 24.1 Å². The third-order valence-electron chi connectivity index (χ3n) is 1.90. The summed E-state index contributed by atoms with van der Waals surface area (Å²) in [6, 6.07) is 2.06. The summed E-state index contributed by atoms with van der Waals surface area (Å²) in [7, 11) is 0. The zero-order valence-corrected chi connectivity index (χ0v) is 10.1. The highest BCUT2D eigenvalue weighted by Gasteiger charge is 2.04. The van der Waals surface area contributed by atoms with Crippen molar-refractivity contribution in [3.05, 3.63) is 20.3 Å². The van der Waals surface area contributed by atoms with Crippen molar-refractivity contribution in [2.75, 3.05) is 0 Å². The molecule has 0 bridgehead atoms. The molecule has 1 rings (SSSR count). The molecule has 0 spiro atoms. The maximum atomic E-state index is 10.6. The first-order valence-corrected chi connectivity index (χ1v) is 6.12. The summed E-state index contributed by atoms with van der Waals surface area (Å²) in [5.41, 5.74) is 0. The van der Waals surface area contributed by atoms with Crippen LogP contribution in [0.5, 0.6) is 0 Å². The molecule has 13 heavy (non-hydrogen) atoms. The van der Waals surface area contributed by atoms with Gasteiger partial charge in [0.1, 0.15) is 0 Å². The zero-order valence-electron chi connectivity index (χ0n) is 7.68. The Morgan fingerprint density at radius 1 is 1.54 bits per heavy atom. The van der Waals surface area contributed by atoms with Crippen molar-refractivity contribution in [1.29, 1.82) is 0 Å². The van der Waals surface area contributed by atoms with Crippen molar-refractivity contribution in [3.8, 4) is 0 Å². The van der Waals surface area contributed by atoms with E-state index in [0.29, 0.717) is 0 Å². The van der Waals surface area contributed by atoms with Crippen LogP contribution in [0.25, 0.3) is 0 Å². The quantitative estimate of drug-likeness (QED) is 0.577. The van der Waals surface area contributed by atoms with Gasteiger partial charge in [-0.3, -0.25) is 4.79 Å². The fourth-order valence-corrected chi connectivity index (χ4v) is 2.86. The number of hydrogen-bond donors (Lipinski definition) is 0. The van der Waals surface area contributed by atoms with Gasteiger partial charge in [-0.1, -0.05) is 19.8 Å². The minimum Gasteiger partial charge on any atom is -0.297 e. The lowest BCUT2D eigenvalue weighted by molar-refractivity contribution is 0.112. The van der Waals surface area contributed by atoms with E-state index in [4.69, 9.17) is 0 Å². The Bertz CT molecular complexity index is 280. The van der Waals surface area contributed by atoms with E-state index in [-0.39, 0.29) is 0 Å². The third-order valence-corrected chi connectivity index (χ3v) is 3.94. The maximum Gasteiger partial charge on any atom is 0.161 e. The first-order valence-electron chi connectivity index (χ1n) is 4.51. The molecule has 1 aromatic rings. The van der Waals surface area contributed by atoms with Gasteiger partial charge in [-0.05, 0) is 34.8 Å². The Balaban J connectivity index is 2.52. The molecule has 0 radical (unpaired) electrons. The van der Waals surface area contributed by atoms with E-state index in [1.54, 1.807) is 11.3 Å². The minimum absolute atomic E-state index is 0.812. The van der Waals surface area contributed by atoms with Crippen molar-refractivity contribution in [1.82, 2.24) is 0 Å². The van der Waals surface area contributed by atoms with E-state index >= 15 is 0 Å². The second-order valence-corrected chi connectivity index (χ2v) is 5.02. The van der Waals surface area contributed by atoms with Gasteiger partial charge in [0.2, 0.25) is 0 Å². The normalized spacial score (nSPS) is 10.3. The molecule has 0 amide bonds. The Labute approximate surface area is 91.3 Å². The number of rotatable bonds is 5. The second-order valence-electron chi connectivity index (χ2n) is 3.00. The SMILES string of the molecule is CCCCCc1cc(Br)c(C=O)s1. The number of carbonyl (C=O) groups excluding carboxylic acids is 1. The van der Waals surface area contributed by atoms with Gasteiger partial charge in [-0.25, -0.2) is 0 Å². The van der Waals surface area contributed by atoms with Gasteiger partial charge < -0.3 is 0 Å². The maximum absolute atomic E-state index is 10.6. The van der Waals surface area contributed by atoms with Gasteiger partial charge in [-0.2, -0.15) is 0 Å². The Morgan fingerprint density at radius 2 is 2.31 bits per heavy atom. The summed E-state index contributed by atoms with van der Waals surface area (Å²) in [6.07, 6.45) is 5.75. The summed E-state index contributed by atoms with van der Waals surface area (Å²) in [4.78, 5) is 12.7. The molecular weight excluding hydrogens is 248 g/mol. The van der Waals surface area contributed by atoms with Gasteiger partial charge in [0, 0.05) is 9.35 Å². The lowest BCUT2D eigenvalue weighted by Gasteiger charge is -1.93. The van der Waals surface area contributed by atoms with E-state index in [0.717, 1.165) is 22.1 Å². The summed E-state index contributed by atoms with van der Waals surface area (Å²) in [6.45, 7) is 2.20. The molecule has 0 aliphatic heterocycles. The highest BCUT2D eigenvalue weighted by molar-refractivity contribution is 9.10. The molecule has 0 aromatic carbocycles. The predicted molar refractivity (Wildman–Crippen MR) is 60.6 cm³/mol. The van der Waals surface area contributed by atoms with Gasteiger partial charge in [-0.15, -0.1) is 11.3 Å². The number of aldehydes is 1. The number of thiophene rings is 1. The molecular formula is C10H13BrOS. The highest BCUT2D eigenvalue weighted by atomic mass is 79.9. The lowest BCUT2D eigenvalue weighted by Crippen LogP contribution is -1.78. The Kier molecular flexibility index (Phi) is 4.67. The van der Waals surface area contributed by atoms with Crippen LogP contribution < -0.4 is 0 Å². The molecule has 0 atom stereocenters.